The molecule has 8 heteroatoms. The number of hydrogen-bond acceptors (Lipinski definition) is 3. The Labute approximate surface area is 162 Å². The summed E-state index contributed by atoms with van der Waals surface area (Å²) in [7, 11) is -4.00. The molecule has 0 bridgehead atoms. The van der Waals surface area contributed by atoms with E-state index in [1.54, 1.807) is 24.3 Å². The third-order valence-corrected chi connectivity index (χ3v) is 6.47. The largest absolute Gasteiger partial charge is 0.349 e. The highest BCUT2D eigenvalue weighted by Crippen LogP contribution is 2.28. The molecule has 0 atom stereocenters. The van der Waals surface area contributed by atoms with E-state index in [4.69, 9.17) is 23.2 Å². The van der Waals surface area contributed by atoms with E-state index < -0.39 is 10.0 Å². The fraction of sp³-hybridized carbons (Fsp3) is 0.278. The van der Waals surface area contributed by atoms with Gasteiger partial charge in [0.2, 0.25) is 0 Å². The summed E-state index contributed by atoms with van der Waals surface area (Å²) in [5.74, 6) is -0.303. The van der Waals surface area contributed by atoms with E-state index in [-0.39, 0.29) is 38.1 Å². The molecule has 1 aliphatic rings. The first kappa shape index (κ1) is 19.0. The number of carbonyl (C=O) groups excluding carboxylic acids is 1. The molecular formula is C18H18Cl2N2O3S. The second-order valence-electron chi connectivity index (χ2n) is 6.19. The van der Waals surface area contributed by atoms with E-state index in [9.17, 15) is 13.2 Å². The topological polar surface area (TPSA) is 75.3 Å². The second-order valence-corrected chi connectivity index (χ2v) is 8.65. The van der Waals surface area contributed by atoms with Crippen LogP contribution in [0.2, 0.25) is 10.0 Å². The molecular weight excluding hydrogens is 395 g/mol. The van der Waals surface area contributed by atoms with Gasteiger partial charge < -0.3 is 5.32 Å². The summed E-state index contributed by atoms with van der Waals surface area (Å²) in [4.78, 5) is 12.2. The molecule has 0 aliphatic heterocycles. The van der Waals surface area contributed by atoms with Crippen LogP contribution in [-0.4, -0.2) is 20.4 Å². The predicted molar refractivity (Wildman–Crippen MR) is 103 cm³/mol. The Morgan fingerprint density at radius 3 is 2.38 bits per heavy atom. The van der Waals surface area contributed by atoms with E-state index in [0.29, 0.717) is 0 Å². The predicted octanol–water partition coefficient (Wildman–Crippen LogP) is 4.47. The summed E-state index contributed by atoms with van der Waals surface area (Å²) in [5.41, 5.74) is 0.492. The maximum atomic E-state index is 12.7. The Balaban J connectivity index is 1.86. The molecule has 2 N–H and O–H groups in total. The molecule has 26 heavy (non-hydrogen) atoms. The van der Waals surface area contributed by atoms with Crippen LogP contribution in [0.25, 0.3) is 0 Å². The molecule has 0 saturated heterocycles. The van der Waals surface area contributed by atoms with Crippen molar-refractivity contribution in [1.82, 2.24) is 5.32 Å². The van der Waals surface area contributed by atoms with Crippen molar-refractivity contribution in [3.05, 3.63) is 58.1 Å². The number of sulfonamides is 1. The number of halogens is 2. The van der Waals surface area contributed by atoms with Crippen molar-refractivity contribution < 1.29 is 13.2 Å². The lowest BCUT2D eigenvalue weighted by Gasteiger charge is -2.14. The van der Waals surface area contributed by atoms with Crippen LogP contribution in [0.4, 0.5) is 5.69 Å². The molecule has 1 amide bonds. The van der Waals surface area contributed by atoms with Gasteiger partial charge in [0.05, 0.1) is 15.7 Å². The fourth-order valence-corrected chi connectivity index (χ4v) is 4.78. The highest BCUT2D eigenvalue weighted by molar-refractivity contribution is 7.92. The summed E-state index contributed by atoms with van der Waals surface area (Å²) in [5, 5.41) is 3.23. The van der Waals surface area contributed by atoms with Gasteiger partial charge in [0.1, 0.15) is 4.90 Å². The summed E-state index contributed by atoms with van der Waals surface area (Å²) in [6.45, 7) is 0. The van der Waals surface area contributed by atoms with E-state index in [1.165, 1.54) is 18.2 Å². The minimum absolute atomic E-state index is 0.0296. The minimum Gasteiger partial charge on any atom is -0.349 e. The van der Waals surface area contributed by atoms with Gasteiger partial charge in [-0.25, -0.2) is 8.42 Å². The van der Waals surface area contributed by atoms with Gasteiger partial charge >= 0.3 is 0 Å². The zero-order valence-electron chi connectivity index (χ0n) is 13.8. The Morgan fingerprint density at radius 2 is 1.69 bits per heavy atom. The number of benzene rings is 2. The first-order valence-electron chi connectivity index (χ1n) is 8.24. The van der Waals surface area contributed by atoms with Crippen molar-refractivity contribution in [2.75, 3.05) is 4.72 Å². The molecule has 1 saturated carbocycles. The summed E-state index contributed by atoms with van der Waals surface area (Å²) in [6, 6.07) is 10.8. The van der Waals surface area contributed by atoms with Crippen LogP contribution in [0.1, 0.15) is 36.0 Å². The Hall–Kier alpha value is -1.76. The molecule has 3 rings (SSSR count). The van der Waals surface area contributed by atoms with E-state index in [2.05, 4.69) is 10.0 Å². The number of carbonyl (C=O) groups is 1. The van der Waals surface area contributed by atoms with Crippen LogP contribution in [0.15, 0.2) is 47.4 Å². The molecule has 0 spiro atoms. The quantitative estimate of drug-likeness (QED) is 0.760. The first-order valence-corrected chi connectivity index (χ1v) is 10.5. The summed E-state index contributed by atoms with van der Waals surface area (Å²) < 4.78 is 27.8. The maximum absolute atomic E-state index is 12.7. The molecule has 138 valence electrons. The Bertz CT molecular complexity index is 926. The van der Waals surface area contributed by atoms with E-state index in [1.807, 2.05) is 0 Å². The van der Waals surface area contributed by atoms with E-state index >= 15 is 0 Å². The minimum atomic E-state index is -4.00. The van der Waals surface area contributed by atoms with Crippen LogP contribution in [0.5, 0.6) is 0 Å². The molecule has 2 aromatic rings. The molecule has 5 nitrogen and oxygen atoms in total. The number of nitrogens with one attached hydrogen (secondary N) is 2. The summed E-state index contributed by atoms with van der Waals surface area (Å²) in [6.07, 6.45) is 4.07. The summed E-state index contributed by atoms with van der Waals surface area (Å²) >= 11 is 12.1. The zero-order chi connectivity index (χ0) is 18.7. The first-order chi connectivity index (χ1) is 12.4. The third-order valence-electron chi connectivity index (χ3n) is 4.29. The van der Waals surface area contributed by atoms with Gasteiger partial charge in [0.25, 0.3) is 15.9 Å². The lowest BCUT2D eigenvalue weighted by atomic mass is 10.2. The normalized spacial score (nSPS) is 15.0. The van der Waals surface area contributed by atoms with Gasteiger partial charge in [0, 0.05) is 11.6 Å². The molecule has 1 aliphatic carbocycles. The van der Waals surface area contributed by atoms with Gasteiger partial charge in [-0.3, -0.25) is 9.52 Å². The van der Waals surface area contributed by atoms with Crippen LogP contribution in [0, 0.1) is 0 Å². The second kappa shape index (κ2) is 7.86. The van der Waals surface area contributed by atoms with Crippen molar-refractivity contribution >= 4 is 44.8 Å². The number of rotatable bonds is 5. The molecule has 0 radical (unpaired) electrons. The molecule has 0 aromatic heterocycles. The van der Waals surface area contributed by atoms with Crippen molar-refractivity contribution in [2.24, 2.45) is 0 Å². The van der Waals surface area contributed by atoms with Gasteiger partial charge in [-0.15, -0.1) is 0 Å². The zero-order valence-corrected chi connectivity index (χ0v) is 16.2. The van der Waals surface area contributed by atoms with Gasteiger partial charge in [-0.1, -0.05) is 48.2 Å². The van der Waals surface area contributed by atoms with Crippen molar-refractivity contribution in [3.63, 3.8) is 0 Å². The number of hydrogen-bond donors (Lipinski definition) is 2. The standard InChI is InChI=1S/C18H18Cl2N2O3S/c19-14-7-3-4-8-16(14)22-26(24,25)17-11-12(9-10-15(17)20)18(23)21-13-5-1-2-6-13/h3-4,7-11,13,22H,1-2,5-6H2,(H,21,23). The van der Waals surface area contributed by atoms with Crippen LogP contribution >= 0.6 is 23.2 Å². The Kier molecular flexibility index (Phi) is 5.75. The highest BCUT2D eigenvalue weighted by Gasteiger charge is 2.23. The third kappa shape index (κ3) is 4.31. The smallest absolute Gasteiger partial charge is 0.263 e. The number of para-hydroxylation sites is 1. The van der Waals surface area contributed by atoms with Crippen LogP contribution in [-0.2, 0) is 10.0 Å². The monoisotopic (exact) mass is 412 g/mol. The van der Waals surface area contributed by atoms with Gasteiger partial charge in [-0.2, -0.15) is 0 Å². The highest BCUT2D eigenvalue weighted by atomic mass is 35.5. The SMILES string of the molecule is O=C(NC1CCCC1)c1ccc(Cl)c(S(=O)(=O)Nc2ccccc2Cl)c1. The number of anilines is 1. The number of amides is 1. The van der Waals surface area contributed by atoms with Crippen molar-refractivity contribution in [2.45, 2.75) is 36.6 Å². The molecule has 0 heterocycles. The van der Waals surface area contributed by atoms with Crippen molar-refractivity contribution in [1.29, 1.82) is 0 Å². The average Bonchev–Trinajstić information content (AvgIpc) is 3.10. The van der Waals surface area contributed by atoms with E-state index in [0.717, 1.165) is 25.7 Å². The van der Waals surface area contributed by atoms with Crippen molar-refractivity contribution in [3.8, 4) is 0 Å². The lowest BCUT2D eigenvalue weighted by molar-refractivity contribution is 0.0937. The molecule has 0 unspecified atom stereocenters. The molecule has 2 aromatic carbocycles. The van der Waals surface area contributed by atoms with Crippen LogP contribution < -0.4 is 10.0 Å². The lowest BCUT2D eigenvalue weighted by Crippen LogP contribution is -2.32. The molecule has 1 fully saturated rings. The maximum Gasteiger partial charge on any atom is 0.263 e. The van der Waals surface area contributed by atoms with Gasteiger partial charge in [-0.05, 0) is 43.2 Å². The van der Waals surface area contributed by atoms with Crippen LogP contribution in [0.3, 0.4) is 0 Å². The average molecular weight is 413 g/mol. The Morgan fingerprint density at radius 1 is 1.00 bits per heavy atom. The van der Waals surface area contributed by atoms with Gasteiger partial charge in [0.15, 0.2) is 0 Å². The fourth-order valence-electron chi connectivity index (χ4n) is 2.93.